The summed E-state index contributed by atoms with van der Waals surface area (Å²) in [6.07, 6.45) is -0.419. The highest BCUT2D eigenvalue weighted by Gasteiger charge is 2.20. The van der Waals surface area contributed by atoms with E-state index in [0.29, 0.717) is 0 Å². The third-order valence-electron chi connectivity index (χ3n) is 1.65. The maximum absolute atomic E-state index is 11.0. The van der Waals surface area contributed by atoms with Gasteiger partial charge in [0.25, 0.3) is 0 Å². The van der Waals surface area contributed by atoms with Crippen LogP contribution >= 0.6 is 0 Å². The van der Waals surface area contributed by atoms with Crippen LogP contribution in [0.5, 0.6) is 0 Å². The summed E-state index contributed by atoms with van der Waals surface area (Å²) in [5.41, 5.74) is 5.10. The Hall–Kier alpha value is -1.63. The molecule has 1 amide bonds. The number of hydrogen-bond acceptors (Lipinski definition) is 4. The van der Waals surface area contributed by atoms with Crippen LogP contribution in [0, 0.1) is 0 Å². The second-order valence-electron chi connectivity index (χ2n) is 2.93. The van der Waals surface area contributed by atoms with Crippen LogP contribution in [0.25, 0.3) is 0 Å². The molecule has 0 aromatic carbocycles. The molecule has 1 atom stereocenters. The number of carbonyl (C=O) groups is 3. The van der Waals surface area contributed by atoms with Gasteiger partial charge in [-0.3, -0.25) is 9.59 Å². The Morgan fingerprint density at radius 1 is 1.20 bits per heavy atom. The molecule has 0 fully saturated rings. The number of amides is 1. The lowest BCUT2D eigenvalue weighted by Gasteiger charge is -2.12. The molecule has 86 valence electrons. The number of rotatable bonds is 7. The van der Waals surface area contributed by atoms with Gasteiger partial charge in [-0.25, -0.2) is 4.79 Å². The highest BCUT2D eigenvalue weighted by Crippen LogP contribution is 1.98. The lowest BCUT2D eigenvalue weighted by Crippen LogP contribution is -2.41. The van der Waals surface area contributed by atoms with Gasteiger partial charge in [-0.15, -0.1) is 0 Å². The van der Waals surface area contributed by atoms with Crippen LogP contribution in [0.2, 0.25) is 0 Å². The highest BCUT2D eigenvalue weighted by atomic mass is 16.4. The van der Waals surface area contributed by atoms with Crippen molar-refractivity contribution in [2.24, 2.45) is 5.73 Å². The molecule has 0 saturated heterocycles. The van der Waals surface area contributed by atoms with E-state index in [1.54, 1.807) is 0 Å². The van der Waals surface area contributed by atoms with Gasteiger partial charge in [0.1, 0.15) is 6.04 Å². The molecule has 0 spiro atoms. The first kappa shape index (κ1) is 13.4. The van der Waals surface area contributed by atoms with Crippen molar-refractivity contribution in [3.8, 4) is 0 Å². The number of nitrogens with one attached hydrogen (secondary N) is 1. The van der Waals surface area contributed by atoms with Gasteiger partial charge < -0.3 is 21.3 Å². The number of nitrogens with two attached hydrogens (primary N) is 1. The number of carbonyl (C=O) groups excluding carboxylic acids is 1. The van der Waals surface area contributed by atoms with Crippen LogP contribution in [0.3, 0.4) is 0 Å². The van der Waals surface area contributed by atoms with Gasteiger partial charge in [0.15, 0.2) is 0 Å². The lowest BCUT2D eigenvalue weighted by molar-refractivity contribution is -0.143. The molecule has 0 unspecified atom stereocenters. The summed E-state index contributed by atoms with van der Waals surface area (Å²) in [6.45, 7) is 0.122. The van der Waals surface area contributed by atoms with Gasteiger partial charge in [-0.2, -0.15) is 0 Å². The van der Waals surface area contributed by atoms with Crippen molar-refractivity contribution >= 4 is 17.8 Å². The van der Waals surface area contributed by atoms with E-state index in [-0.39, 0.29) is 25.8 Å². The van der Waals surface area contributed by atoms with Gasteiger partial charge >= 0.3 is 11.9 Å². The van der Waals surface area contributed by atoms with E-state index in [0.717, 1.165) is 0 Å². The molecule has 0 saturated carbocycles. The Kier molecular flexibility index (Phi) is 6.03. The maximum atomic E-state index is 11.0. The van der Waals surface area contributed by atoms with Gasteiger partial charge in [0, 0.05) is 19.4 Å². The van der Waals surface area contributed by atoms with Gasteiger partial charge in [-0.05, 0) is 6.42 Å². The van der Waals surface area contributed by atoms with Crippen molar-refractivity contribution in [3.05, 3.63) is 0 Å². The average Bonchev–Trinajstić information content (AvgIpc) is 2.11. The Morgan fingerprint density at radius 2 is 1.80 bits per heavy atom. The van der Waals surface area contributed by atoms with Crippen LogP contribution in [0.4, 0.5) is 0 Å². The summed E-state index contributed by atoms with van der Waals surface area (Å²) in [6, 6.07) is -1.17. The molecular weight excluding hydrogens is 204 g/mol. The zero-order valence-corrected chi connectivity index (χ0v) is 8.10. The minimum absolute atomic E-state index is 0.0247. The fourth-order valence-electron chi connectivity index (χ4n) is 0.923. The Bertz CT molecular complexity index is 253. The van der Waals surface area contributed by atoms with Crippen LogP contribution in [0.1, 0.15) is 19.3 Å². The predicted molar refractivity (Wildman–Crippen MR) is 50.1 cm³/mol. The minimum Gasteiger partial charge on any atom is -0.481 e. The van der Waals surface area contributed by atoms with Crippen molar-refractivity contribution in [3.63, 3.8) is 0 Å². The largest absolute Gasteiger partial charge is 0.481 e. The Labute approximate surface area is 86.3 Å². The smallest absolute Gasteiger partial charge is 0.326 e. The monoisotopic (exact) mass is 218 g/mol. The van der Waals surface area contributed by atoms with Crippen molar-refractivity contribution in [1.29, 1.82) is 0 Å². The SMILES string of the molecule is NCCC(=O)N[C@H](CCC(=O)O)C(=O)O. The normalized spacial score (nSPS) is 11.8. The molecule has 0 aromatic heterocycles. The molecule has 5 N–H and O–H groups in total. The first-order valence-electron chi connectivity index (χ1n) is 4.41. The fourth-order valence-corrected chi connectivity index (χ4v) is 0.923. The second kappa shape index (κ2) is 6.77. The summed E-state index contributed by atoms with van der Waals surface area (Å²) >= 11 is 0. The molecule has 7 heteroatoms. The molecule has 0 heterocycles. The van der Waals surface area contributed by atoms with Crippen LogP contribution in [-0.2, 0) is 14.4 Å². The molecule has 0 aliphatic carbocycles. The summed E-state index contributed by atoms with van der Waals surface area (Å²) in [5.74, 6) is -2.84. The maximum Gasteiger partial charge on any atom is 0.326 e. The Balaban J connectivity index is 4.10. The highest BCUT2D eigenvalue weighted by molar-refractivity contribution is 5.84. The zero-order valence-electron chi connectivity index (χ0n) is 8.10. The average molecular weight is 218 g/mol. The molecular formula is C8H14N2O5. The third kappa shape index (κ3) is 6.44. The second-order valence-corrected chi connectivity index (χ2v) is 2.93. The summed E-state index contributed by atoms with van der Waals surface area (Å²) in [4.78, 5) is 31.8. The van der Waals surface area contributed by atoms with Crippen molar-refractivity contribution in [1.82, 2.24) is 5.32 Å². The number of hydrogen-bond donors (Lipinski definition) is 4. The molecule has 0 aliphatic heterocycles. The summed E-state index contributed by atoms with van der Waals surface area (Å²) in [5, 5.41) is 19.2. The molecule has 0 aliphatic rings. The number of carboxylic acid groups (broad SMARTS) is 2. The van der Waals surface area contributed by atoms with Gasteiger partial charge in [0.2, 0.25) is 5.91 Å². The molecule has 0 aromatic rings. The summed E-state index contributed by atoms with van der Waals surface area (Å²) in [7, 11) is 0. The van der Waals surface area contributed by atoms with E-state index in [9.17, 15) is 14.4 Å². The van der Waals surface area contributed by atoms with Gasteiger partial charge in [-0.1, -0.05) is 0 Å². The molecule has 0 bridgehead atoms. The molecule has 15 heavy (non-hydrogen) atoms. The fraction of sp³-hybridized carbons (Fsp3) is 0.625. The summed E-state index contributed by atoms with van der Waals surface area (Å²) < 4.78 is 0. The van der Waals surface area contributed by atoms with E-state index in [2.05, 4.69) is 5.32 Å². The van der Waals surface area contributed by atoms with Crippen molar-refractivity contribution in [2.75, 3.05) is 6.54 Å². The first-order chi connectivity index (χ1) is 6.97. The zero-order chi connectivity index (χ0) is 11.8. The van der Waals surface area contributed by atoms with E-state index in [4.69, 9.17) is 15.9 Å². The lowest BCUT2D eigenvalue weighted by atomic mass is 10.1. The van der Waals surface area contributed by atoms with Crippen LogP contribution < -0.4 is 11.1 Å². The van der Waals surface area contributed by atoms with E-state index in [1.165, 1.54) is 0 Å². The third-order valence-corrected chi connectivity index (χ3v) is 1.65. The van der Waals surface area contributed by atoms with Crippen molar-refractivity contribution < 1.29 is 24.6 Å². The minimum atomic E-state index is -1.25. The molecule has 0 rings (SSSR count). The molecule has 7 nitrogen and oxygen atoms in total. The topological polar surface area (TPSA) is 130 Å². The Morgan fingerprint density at radius 3 is 2.20 bits per heavy atom. The number of carboxylic acids is 2. The van der Waals surface area contributed by atoms with E-state index >= 15 is 0 Å². The predicted octanol–water partition coefficient (Wildman–Crippen LogP) is -1.23. The first-order valence-corrected chi connectivity index (χ1v) is 4.41. The molecule has 0 radical (unpaired) electrons. The van der Waals surface area contributed by atoms with Crippen LogP contribution in [0.15, 0.2) is 0 Å². The standard InChI is InChI=1S/C8H14N2O5/c9-4-3-6(11)10-5(8(14)15)1-2-7(12)13/h5H,1-4,9H2,(H,10,11)(H,12,13)(H,14,15)/t5-/m1/s1. The van der Waals surface area contributed by atoms with Crippen LogP contribution in [-0.4, -0.2) is 40.6 Å². The number of aliphatic carboxylic acids is 2. The van der Waals surface area contributed by atoms with E-state index in [1.807, 2.05) is 0 Å². The van der Waals surface area contributed by atoms with E-state index < -0.39 is 23.9 Å². The van der Waals surface area contributed by atoms with Crippen molar-refractivity contribution in [2.45, 2.75) is 25.3 Å². The van der Waals surface area contributed by atoms with Gasteiger partial charge in [0.05, 0.1) is 0 Å². The quantitative estimate of drug-likeness (QED) is 0.423.